The summed E-state index contributed by atoms with van der Waals surface area (Å²) in [6, 6.07) is 18.0. The summed E-state index contributed by atoms with van der Waals surface area (Å²) in [5.41, 5.74) is 9.76. The molecule has 0 aliphatic heterocycles. The van der Waals surface area contributed by atoms with Crippen LogP contribution >= 0.6 is 11.3 Å². The molecule has 0 radical (unpaired) electrons. The van der Waals surface area contributed by atoms with Crippen molar-refractivity contribution >= 4 is 38.6 Å². The predicted molar refractivity (Wildman–Crippen MR) is 147 cm³/mol. The number of carboxylic acid groups (broad SMARTS) is 1. The third-order valence-corrected chi connectivity index (χ3v) is 7.64. The second-order valence-electron chi connectivity index (χ2n) is 9.13. The van der Waals surface area contributed by atoms with Gasteiger partial charge in [0.25, 0.3) is 0 Å². The molecule has 0 amide bonds. The number of aliphatic carboxylic acids is 1. The summed E-state index contributed by atoms with van der Waals surface area (Å²) in [4.78, 5) is 25.9. The number of pyridine rings is 2. The van der Waals surface area contributed by atoms with Gasteiger partial charge in [-0.2, -0.15) is 5.10 Å². The highest BCUT2D eigenvalue weighted by Gasteiger charge is 2.21. The smallest absolute Gasteiger partial charge is 0.307 e. The van der Waals surface area contributed by atoms with E-state index in [-0.39, 0.29) is 6.42 Å². The summed E-state index contributed by atoms with van der Waals surface area (Å²) in [6.07, 6.45) is 3.47. The molecule has 182 valence electrons. The van der Waals surface area contributed by atoms with Gasteiger partial charge in [0.1, 0.15) is 16.2 Å². The van der Waals surface area contributed by atoms with Gasteiger partial charge in [0.2, 0.25) is 0 Å². The SMILES string of the molecule is Cc1ccc(-c2c(CC(=O)O)c(C)cc3nc(-c4ccc5c(n4)c(-c4cccnc4)nn5C)sc23)cc1. The lowest BCUT2D eigenvalue weighted by molar-refractivity contribution is -0.136. The van der Waals surface area contributed by atoms with E-state index in [2.05, 4.69) is 17.1 Å². The van der Waals surface area contributed by atoms with Crippen LogP contribution in [-0.4, -0.2) is 35.8 Å². The molecule has 37 heavy (non-hydrogen) atoms. The van der Waals surface area contributed by atoms with Crippen molar-refractivity contribution in [1.29, 1.82) is 0 Å². The minimum absolute atomic E-state index is 0.0490. The summed E-state index contributed by atoms with van der Waals surface area (Å²) in [5, 5.41) is 15.1. The van der Waals surface area contributed by atoms with Crippen LogP contribution in [0.4, 0.5) is 0 Å². The second kappa shape index (κ2) is 8.90. The fourth-order valence-electron chi connectivity index (χ4n) is 4.70. The van der Waals surface area contributed by atoms with Crippen LogP contribution in [-0.2, 0) is 18.3 Å². The standard InChI is InChI=1S/C29H23N5O2S/c1-16-6-8-18(9-7-16)25-20(14-24(35)36)17(2)13-22-28(25)37-29(32-22)21-10-11-23-27(31-21)26(33-34(23)3)19-5-4-12-30-15-19/h4-13,15H,14H2,1-3H3,(H,35,36). The lowest BCUT2D eigenvalue weighted by atomic mass is 9.93. The number of hydrogen-bond donors (Lipinski definition) is 1. The number of carboxylic acids is 1. The van der Waals surface area contributed by atoms with Gasteiger partial charge < -0.3 is 5.11 Å². The highest BCUT2D eigenvalue weighted by Crippen LogP contribution is 2.41. The van der Waals surface area contributed by atoms with Gasteiger partial charge in [-0.3, -0.25) is 14.5 Å². The lowest BCUT2D eigenvalue weighted by Crippen LogP contribution is -2.04. The minimum atomic E-state index is -0.854. The molecule has 0 saturated heterocycles. The van der Waals surface area contributed by atoms with Gasteiger partial charge in [-0.25, -0.2) is 9.97 Å². The number of aromatic nitrogens is 5. The molecule has 4 aromatic heterocycles. The van der Waals surface area contributed by atoms with Crippen molar-refractivity contribution in [3.63, 3.8) is 0 Å². The van der Waals surface area contributed by atoms with E-state index in [0.717, 1.165) is 71.0 Å². The maximum absolute atomic E-state index is 11.8. The van der Waals surface area contributed by atoms with Crippen LogP contribution in [0.2, 0.25) is 0 Å². The predicted octanol–water partition coefficient (Wildman–Crippen LogP) is 6.22. The molecule has 6 rings (SSSR count). The topological polar surface area (TPSA) is 93.8 Å². The van der Waals surface area contributed by atoms with Gasteiger partial charge in [0.15, 0.2) is 0 Å². The van der Waals surface area contributed by atoms with Crippen LogP contribution in [0.5, 0.6) is 0 Å². The first-order valence-electron chi connectivity index (χ1n) is 11.9. The van der Waals surface area contributed by atoms with Crippen molar-refractivity contribution in [2.45, 2.75) is 20.3 Å². The normalized spacial score (nSPS) is 11.4. The summed E-state index contributed by atoms with van der Waals surface area (Å²) in [5.74, 6) is -0.854. The van der Waals surface area contributed by atoms with Crippen molar-refractivity contribution in [2.24, 2.45) is 7.05 Å². The van der Waals surface area contributed by atoms with Gasteiger partial charge in [-0.05, 0) is 60.9 Å². The third-order valence-electron chi connectivity index (χ3n) is 6.53. The molecule has 0 bridgehead atoms. The lowest BCUT2D eigenvalue weighted by Gasteiger charge is -2.13. The third kappa shape index (κ3) is 4.05. The van der Waals surface area contributed by atoms with Gasteiger partial charge in [0, 0.05) is 30.6 Å². The van der Waals surface area contributed by atoms with Crippen LogP contribution in [0.3, 0.4) is 0 Å². The molecule has 0 aliphatic carbocycles. The van der Waals surface area contributed by atoms with Gasteiger partial charge in [-0.1, -0.05) is 29.8 Å². The number of hydrogen-bond acceptors (Lipinski definition) is 6. The highest BCUT2D eigenvalue weighted by atomic mass is 32.1. The molecule has 0 unspecified atom stereocenters. The van der Waals surface area contributed by atoms with Crippen LogP contribution in [0, 0.1) is 13.8 Å². The van der Waals surface area contributed by atoms with E-state index in [0.29, 0.717) is 0 Å². The highest BCUT2D eigenvalue weighted by molar-refractivity contribution is 7.22. The van der Waals surface area contributed by atoms with E-state index in [9.17, 15) is 9.90 Å². The Hall–Kier alpha value is -4.43. The maximum Gasteiger partial charge on any atom is 0.307 e. The van der Waals surface area contributed by atoms with Gasteiger partial charge in [0.05, 0.1) is 27.8 Å². The first-order valence-corrected chi connectivity index (χ1v) is 12.7. The quantitative estimate of drug-likeness (QED) is 0.299. The van der Waals surface area contributed by atoms with E-state index in [1.54, 1.807) is 12.4 Å². The Balaban J connectivity index is 1.56. The van der Waals surface area contributed by atoms with Crippen LogP contribution in [0.15, 0.2) is 67.0 Å². The van der Waals surface area contributed by atoms with Crippen molar-refractivity contribution < 1.29 is 9.90 Å². The number of fused-ring (bicyclic) bond motifs is 2. The first kappa shape index (κ1) is 23.0. The molecule has 0 saturated carbocycles. The molecule has 8 heteroatoms. The molecule has 0 aliphatic rings. The number of aryl methyl sites for hydroxylation is 3. The largest absolute Gasteiger partial charge is 0.481 e. The van der Waals surface area contributed by atoms with Crippen LogP contribution in [0.25, 0.3) is 54.3 Å². The fourth-order valence-corrected chi connectivity index (χ4v) is 5.81. The molecule has 7 nitrogen and oxygen atoms in total. The molecule has 0 spiro atoms. The minimum Gasteiger partial charge on any atom is -0.481 e. The molecular formula is C29H23N5O2S. The zero-order valence-electron chi connectivity index (χ0n) is 20.6. The Morgan fingerprint density at radius 1 is 1.03 bits per heavy atom. The molecule has 1 N–H and O–H groups in total. The molecule has 6 aromatic rings. The van der Waals surface area contributed by atoms with Gasteiger partial charge in [-0.15, -0.1) is 11.3 Å². The number of carbonyl (C=O) groups is 1. The van der Waals surface area contributed by atoms with E-state index in [1.807, 2.05) is 68.0 Å². The Morgan fingerprint density at radius 2 is 1.84 bits per heavy atom. The zero-order chi connectivity index (χ0) is 25.7. The summed E-state index contributed by atoms with van der Waals surface area (Å²) >= 11 is 1.54. The summed E-state index contributed by atoms with van der Waals surface area (Å²) < 4.78 is 2.78. The molecule has 0 fully saturated rings. The van der Waals surface area contributed by atoms with Crippen molar-refractivity contribution in [3.05, 3.63) is 83.7 Å². The van der Waals surface area contributed by atoms with E-state index in [4.69, 9.17) is 15.1 Å². The van der Waals surface area contributed by atoms with Crippen molar-refractivity contribution in [1.82, 2.24) is 24.7 Å². The monoisotopic (exact) mass is 505 g/mol. The Morgan fingerprint density at radius 3 is 2.57 bits per heavy atom. The molecule has 2 aromatic carbocycles. The summed E-state index contributed by atoms with van der Waals surface area (Å²) in [6.45, 7) is 3.99. The Kier molecular flexibility index (Phi) is 5.53. The number of benzene rings is 2. The number of rotatable bonds is 5. The van der Waals surface area contributed by atoms with Crippen LogP contribution in [0.1, 0.15) is 16.7 Å². The average Bonchev–Trinajstić information content (AvgIpc) is 3.46. The molecule has 0 atom stereocenters. The second-order valence-corrected chi connectivity index (χ2v) is 10.1. The summed E-state index contributed by atoms with van der Waals surface area (Å²) in [7, 11) is 1.90. The molecular weight excluding hydrogens is 482 g/mol. The Bertz CT molecular complexity index is 1800. The van der Waals surface area contributed by atoms with E-state index < -0.39 is 5.97 Å². The van der Waals surface area contributed by atoms with Crippen molar-refractivity contribution in [2.75, 3.05) is 0 Å². The zero-order valence-corrected chi connectivity index (χ0v) is 21.4. The number of thiazole rings is 1. The van der Waals surface area contributed by atoms with Crippen molar-refractivity contribution in [3.8, 4) is 33.1 Å². The van der Waals surface area contributed by atoms with E-state index in [1.165, 1.54) is 11.3 Å². The average molecular weight is 506 g/mol. The number of nitrogens with zero attached hydrogens (tertiary/aromatic N) is 5. The molecule has 4 heterocycles. The maximum atomic E-state index is 11.8. The van der Waals surface area contributed by atoms with Gasteiger partial charge >= 0.3 is 5.97 Å². The van der Waals surface area contributed by atoms with E-state index >= 15 is 0 Å². The fraction of sp³-hybridized carbons (Fsp3) is 0.138. The van der Waals surface area contributed by atoms with Crippen LogP contribution < -0.4 is 0 Å². The Labute approximate surface area is 217 Å². The first-order chi connectivity index (χ1) is 17.9.